The molecule has 0 fully saturated rings. The minimum atomic E-state index is 0.181. The van der Waals surface area contributed by atoms with Crippen LogP contribution in [0.4, 0.5) is 5.82 Å². The zero-order valence-electron chi connectivity index (χ0n) is 11.9. The summed E-state index contributed by atoms with van der Waals surface area (Å²) in [5, 5.41) is 7.42. The first-order chi connectivity index (χ1) is 10.1. The van der Waals surface area contributed by atoms with E-state index in [0.717, 1.165) is 21.5 Å². The molecular formula is C15H18BrN5. The van der Waals surface area contributed by atoms with Crippen molar-refractivity contribution >= 4 is 27.6 Å². The average Bonchev–Trinajstić information content (AvgIpc) is 2.47. The van der Waals surface area contributed by atoms with Crippen molar-refractivity contribution in [3.63, 3.8) is 0 Å². The van der Waals surface area contributed by atoms with Crippen molar-refractivity contribution in [2.45, 2.75) is 19.9 Å². The molecule has 0 aliphatic rings. The summed E-state index contributed by atoms with van der Waals surface area (Å²) in [6.45, 7) is 3.30. The molecule has 0 spiro atoms. The van der Waals surface area contributed by atoms with E-state index in [2.05, 4.69) is 30.8 Å². The van der Waals surface area contributed by atoms with Gasteiger partial charge in [-0.25, -0.2) is 4.98 Å². The molecule has 0 amide bonds. The highest BCUT2D eigenvalue weighted by Crippen LogP contribution is 2.20. The number of nitrogens with one attached hydrogen (secondary N) is 1. The Kier molecular flexibility index (Phi) is 5.27. The molecule has 2 aromatic heterocycles. The van der Waals surface area contributed by atoms with E-state index in [0.29, 0.717) is 19.5 Å². The van der Waals surface area contributed by atoms with Crippen molar-refractivity contribution in [1.82, 2.24) is 9.97 Å². The van der Waals surface area contributed by atoms with Crippen LogP contribution in [0.15, 0.2) is 41.1 Å². The highest BCUT2D eigenvalue weighted by atomic mass is 79.9. The maximum absolute atomic E-state index is 7.42. The van der Waals surface area contributed by atoms with Crippen LogP contribution in [0.1, 0.15) is 17.7 Å². The van der Waals surface area contributed by atoms with Crippen LogP contribution >= 0.6 is 15.9 Å². The van der Waals surface area contributed by atoms with E-state index in [1.165, 1.54) is 0 Å². The Balaban J connectivity index is 2.22. The third-order valence-corrected chi connectivity index (χ3v) is 3.92. The summed E-state index contributed by atoms with van der Waals surface area (Å²) in [6, 6.07) is 7.90. The number of amidine groups is 1. The van der Waals surface area contributed by atoms with E-state index < -0.39 is 0 Å². The average molecular weight is 348 g/mol. The van der Waals surface area contributed by atoms with E-state index in [-0.39, 0.29) is 5.84 Å². The van der Waals surface area contributed by atoms with Gasteiger partial charge >= 0.3 is 0 Å². The van der Waals surface area contributed by atoms with E-state index in [9.17, 15) is 0 Å². The molecule has 3 N–H and O–H groups in total. The maximum Gasteiger partial charge on any atom is 0.129 e. The second-order valence-electron chi connectivity index (χ2n) is 4.79. The van der Waals surface area contributed by atoms with Crippen LogP contribution in [0.25, 0.3) is 0 Å². The fourth-order valence-electron chi connectivity index (χ4n) is 1.95. The Hall–Kier alpha value is -1.95. The van der Waals surface area contributed by atoms with E-state index in [4.69, 9.17) is 11.1 Å². The highest BCUT2D eigenvalue weighted by molar-refractivity contribution is 9.10. The molecule has 0 saturated carbocycles. The summed E-state index contributed by atoms with van der Waals surface area (Å²) in [4.78, 5) is 10.8. The molecule has 0 aromatic carbocycles. The molecule has 0 radical (unpaired) electrons. The number of aryl methyl sites for hydroxylation is 1. The summed E-state index contributed by atoms with van der Waals surface area (Å²) in [5.41, 5.74) is 7.52. The molecule has 0 aliphatic heterocycles. The van der Waals surface area contributed by atoms with Crippen LogP contribution in [0.3, 0.4) is 0 Å². The summed E-state index contributed by atoms with van der Waals surface area (Å²) in [7, 11) is 0. The topological polar surface area (TPSA) is 78.9 Å². The number of aromatic nitrogens is 2. The summed E-state index contributed by atoms with van der Waals surface area (Å²) >= 11 is 3.46. The third-order valence-electron chi connectivity index (χ3n) is 3.08. The van der Waals surface area contributed by atoms with Gasteiger partial charge in [-0.15, -0.1) is 0 Å². The second-order valence-corrected chi connectivity index (χ2v) is 5.65. The predicted octanol–water partition coefficient (Wildman–Crippen LogP) is 2.88. The molecule has 2 rings (SSSR count). The van der Waals surface area contributed by atoms with Gasteiger partial charge in [-0.3, -0.25) is 10.4 Å². The fraction of sp³-hybridized carbons (Fsp3) is 0.267. The SMILES string of the molecule is Cc1nc(N(CCC(=N)N)Cc2cccnc2)ccc1Br. The predicted molar refractivity (Wildman–Crippen MR) is 88.5 cm³/mol. The molecule has 0 unspecified atom stereocenters. The lowest BCUT2D eigenvalue weighted by molar-refractivity contribution is 0.781. The van der Waals surface area contributed by atoms with Crippen LogP contribution in [0.5, 0.6) is 0 Å². The number of nitrogens with zero attached hydrogens (tertiary/aromatic N) is 3. The Morgan fingerprint density at radius 1 is 1.38 bits per heavy atom. The zero-order chi connectivity index (χ0) is 15.2. The number of pyridine rings is 2. The molecule has 2 heterocycles. The van der Waals surface area contributed by atoms with Crippen LogP contribution in [0, 0.1) is 12.3 Å². The molecule has 110 valence electrons. The molecule has 21 heavy (non-hydrogen) atoms. The summed E-state index contributed by atoms with van der Waals surface area (Å²) < 4.78 is 0.985. The zero-order valence-corrected chi connectivity index (χ0v) is 13.5. The van der Waals surface area contributed by atoms with Crippen LogP contribution < -0.4 is 10.6 Å². The largest absolute Gasteiger partial charge is 0.388 e. The van der Waals surface area contributed by atoms with Crippen molar-refractivity contribution in [1.29, 1.82) is 5.41 Å². The number of anilines is 1. The molecule has 5 nitrogen and oxygen atoms in total. The van der Waals surface area contributed by atoms with Crippen molar-refractivity contribution in [2.75, 3.05) is 11.4 Å². The van der Waals surface area contributed by atoms with E-state index >= 15 is 0 Å². The first-order valence-electron chi connectivity index (χ1n) is 6.66. The molecular weight excluding hydrogens is 330 g/mol. The molecule has 6 heteroatoms. The van der Waals surface area contributed by atoms with Crippen molar-refractivity contribution in [3.8, 4) is 0 Å². The number of rotatable bonds is 6. The first kappa shape index (κ1) is 15.4. The standard InChI is InChI=1S/C15H18BrN5/c1-11-13(16)4-5-15(20-11)21(8-6-14(17)18)10-12-3-2-7-19-9-12/h2-5,7,9H,6,8,10H2,1H3,(H3,17,18). The third kappa shape index (κ3) is 4.53. The first-order valence-corrected chi connectivity index (χ1v) is 7.45. The van der Waals surface area contributed by atoms with Crippen molar-refractivity contribution in [2.24, 2.45) is 5.73 Å². The number of hydrogen-bond acceptors (Lipinski definition) is 4. The second kappa shape index (κ2) is 7.17. The smallest absolute Gasteiger partial charge is 0.129 e. The minimum Gasteiger partial charge on any atom is -0.388 e. The van der Waals surface area contributed by atoms with Gasteiger partial charge in [0.2, 0.25) is 0 Å². The van der Waals surface area contributed by atoms with Crippen LogP contribution in [-0.2, 0) is 6.54 Å². The van der Waals surface area contributed by atoms with E-state index in [1.54, 1.807) is 6.20 Å². The monoisotopic (exact) mass is 347 g/mol. The molecule has 2 aromatic rings. The number of halogens is 1. The van der Waals surface area contributed by atoms with E-state index in [1.807, 2.05) is 37.4 Å². The van der Waals surface area contributed by atoms with Gasteiger partial charge in [0.1, 0.15) is 5.82 Å². The van der Waals surface area contributed by atoms with Gasteiger partial charge in [0.15, 0.2) is 0 Å². The molecule has 0 atom stereocenters. The molecule has 0 bridgehead atoms. The van der Waals surface area contributed by atoms with Gasteiger partial charge in [-0.2, -0.15) is 0 Å². The summed E-state index contributed by atoms with van der Waals surface area (Å²) in [6.07, 6.45) is 4.11. The minimum absolute atomic E-state index is 0.181. The Morgan fingerprint density at radius 3 is 2.81 bits per heavy atom. The maximum atomic E-state index is 7.42. The van der Waals surface area contributed by atoms with Crippen LogP contribution in [-0.4, -0.2) is 22.3 Å². The van der Waals surface area contributed by atoms with Crippen molar-refractivity contribution < 1.29 is 0 Å². The van der Waals surface area contributed by atoms with Gasteiger partial charge < -0.3 is 10.6 Å². The lowest BCUT2D eigenvalue weighted by Gasteiger charge is -2.24. The van der Waals surface area contributed by atoms with Gasteiger partial charge in [-0.1, -0.05) is 6.07 Å². The molecule has 0 saturated heterocycles. The van der Waals surface area contributed by atoms with Gasteiger partial charge in [0, 0.05) is 36.4 Å². The highest BCUT2D eigenvalue weighted by Gasteiger charge is 2.11. The number of nitrogens with two attached hydrogens (primary N) is 1. The molecule has 0 aliphatic carbocycles. The quantitative estimate of drug-likeness (QED) is 0.622. The lowest BCUT2D eigenvalue weighted by Crippen LogP contribution is -2.28. The van der Waals surface area contributed by atoms with Crippen molar-refractivity contribution in [3.05, 3.63) is 52.4 Å². The van der Waals surface area contributed by atoms with Gasteiger partial charge in [0.05, 0.1) is 11.5 Å². The van der Waals surface area contributed by atoms with Gasteiger partial charge in [0.25, 0.3) is 0 Å². The van der Waals surface area contributed by atoms with Crippen LogP contribution in [0.2, 0.25) is 0 Å². The Bertz CT molecular complexity index is 615. The lowest BCUT2D eigenvalue weighted by atomic mass is 10.2. The normalized spacial score (nSPS) is 10.4. The summed E-state index contributed by atoms with van der Waals surface area (Å²) in [5.74, 6) is 1.06. The van der Waals surface area contributed by atoms with Gasteiger partial charge in [-0.05, 0) is 46.6 Å². The number of hydrogen-bond donors (Lipinski definition) is 2. The Labute approximate surface area is 132 Å². The Morgan fingerprint density at radius 2 is 2.19 bits per heavy atom. The fourth-order valence-corrected chi connectivity index (χ4v) is 2.17.